The van der Waals surface area contributed by atoms with Crippen LogP contribution in [0.25, 0.3) is 10.9 Å². The van der Waals surface area contributed by atoms with Crippen LogP contribution in [-0.2, 0) is 4.79 Å². The minimum atomic E-state index is -0.273. The van der Waals surface area contributed by atoms with E-state index in [0.29, 0.717) is 24.1 Å². The fraction of sp³-hybridized carbons (Fsp3) is 0.238. The lowest BCUT2D eigenvalue weighted by Crippen LogP contribution is -2.37. The average Bonchev–Trinajstić information content (AvgIpc) is 3.33. The van der Waals surface area contributed by atoms with Gasteiger partial charge in [0.05, 0.1) is 6.54 Å². The predicted molar refractivity (Wildman–Crippen MR) is 101 cm³/mol. The average molecular weight is 347 g/mol. The van der Waals surface area contributed by atoms with E-state index in [-0.39, 0.29) is 18.4 Å². The standard InChI is InChI=1S/C21H21N3O2/c25-20(22-12-16-10-17(16)14-6-2-1-3-7-14)13-23-21(26)19-11-15-8-4-5-9-18(15)24-19/h1-9,11,16-17,24H,10,12-13H2,(H,22,25)(H,23,26). The van der Waals surface area contributed by atoms with Gasteiger partial charge >= 0.3 is 0 Å². The Morgan fingerprint density at radius 3 is 2.58 bits per heavy atom. The van der Waals surface area contributed by atoms with Crippen LogP contribution in [0.2, 0.25) is 0 Å². The summed E-state index contributed by atoms with van der Waals surface area (Å²) in [5, 5.41) is 6.55. The molecule has 2 atom stereocenters. The highest BCUT2D eigenvalue weighted by atomic mass is 16.2. The van der Waals surface area contributed by atoms with Crippen LogP contribution in [0, 0.1) is 5.92 Å². The number of nitrogens with one attached hydrogen (secondary N) is 3. The first-order valence-electron chi connectivity index (χ1n) is 8.88. The monoisotopic (exact) mass is 347 g/mol. The number of H-pyrrole nitrogens is 1. The van der Waals surface area contributed by atoms with Gasteiger partial charge in [-0.1, -0.05) is 48.5 Å². The van der Waals surface area contributed by atoms with Crippen LogP contribution in [0.1, 0.15) is 28.4 Å². The summed E-state index contributed by atoms with van der Waals surface area (Å²) in [4.78, 5) is 27.2. The smallest absolute Gasteiger partial charge is 0.268 e. The second-order valence-corrected chi connectivity index (χ2v) is 6.77. The molecule has 1 saturated carbocycles. The fourth-order valence-electron chi connectivity index (χ4n) is 3.34. The molecular weight excluding hydrogens is 326 g/mol. The van der Waals surface area contributed by atoms with Crippen LogP contribution in [0.15, 0.2) is 60.7 Å². The Kier molecular flexibility index (Phi) is 4.44. The number of para-hydroxylation sites is 1. The van der Waals surface area contributed by atoms with Gasteiger partial charge in [-0.05, 0) is 36.0 Å². The van der Waals surface area contributed by atoms with Gasteiger partial charge in [0.1, 0.15) is 5.69 Å². The number of aromatic nitrogens is 1. The highest BCUT2D eigenvalue weighted by Gasteiger charge is 2.37. The zero-order valence-corrected chi connectivity index (χ0v) is 14.4. The molecule has 5 nitrogen and oxygen atoms in total. The molecule has 1 aromatic heterocycles. The molecule has 0 saturated heterocycles. The van der Waals surface area contributed by atoms with Gasteiger partial charge in [-0.3, -0.25) is 9.59 Å². The third kappa shape index (κ3) is 3.61. The summed E-state index contributed by atoms with van der Waals surface area (Å²) in [6.45, 7) is 0.636. The Labute approximate surface area is 151 Å². The van der Waals surface area contributed by atoms with Crippen molar-refractivity contribution >= 4 is 22.7 Å². The van der Waals surface area contributed by atoms with Crippen LogP contribution in [0.5, 0.6) is 0 Å². The van der Waals surface area contributed by atoms with Gasteiger partial charge < -0.3 is 15.6 Å². The summed E-state index contributed by atoms with van der Waals surface area (Å²) < 4.78 is 0. The van der Waals surface area contributed by atoms with E-state index in [1.807, 2.05) is 42.5 Å². The van der Waals surface area contributed by atoms with Crippen molar-refractivity contribution in [3.05, 3.63) is 71.9 Å². The molecule has 26 heavy (non-hydrogen) atoms. The minimum Gasteiger partial charge on any atom is -0.354 e. The molecule has 2 amide bonds. The predicted octanol–water partition coefficient (Wildman–Crippen LogP) is 2.82. The van der Waals surface area contributed by atoms with E-state index in [1.54, 1.807) is 6.07 Å². The molecule has 1 aliphatic rings. The number of aromatic amines is 1. The van der Waals surface area contributed by atoms with Gasteiger partial charge in [-0.15, -0.1) is 0 Å². The molecule has 0 radical (unpaired) electrons. The number of fused-ring (bicyclic) bond motifs is 1. The molecule has 5 heteroatoms. The topological polar surface area (TPSA) is 74.0 Å². The van der Waals surface area contributed by atoms with Crippen molar-refractivity contribution < 1.29 is 9.59 Å². The van der Waals surface area contributed by atoms with Crippen LogP contribution in [-0.4, -0.2) is 29.9 Å². The lowest BCUT2D eigenvalue weighted by molar-refractivity contribution is -0.120. The lowest BCUT2D eigenvalue weighted by Gasteiger charge is -2.06. The van der Waals surface area contributed by atoms with E-state index in [2.05, 4.69) is 27.8 Å². The maximum absolute atomic E-state index is 12.2. The van der Waals surface area contributed by atoms with Crippen molar-refractivity contribution in [2.45, 2.75) is 12.3 Å². The minimum absolute atomic E-state index is 0.0169. The summed E-state index contributed by atoms with van der Waals surface area (Å²) in [6.07, 6.45) is 1.10. The number of rotatable bonds is 6. The summed E-state index contributed by atoms with van der Waals surface area (Å²) in [6, 6.07) is 19.8. The number of hydrogen-bond donors (Lipinski definition) is 3. The molecule has 2 aromatic carbocycles. The van der Waals surface area contributed by atoms with Gasteiger partial charge in [-0.25, -0.2) is 0 Å². The molecule has 3 aromatic rings. The highest BCUT2D eigenvalue weighted by molar-refractivity contribution is 5.99. The van der Waals surface area contributed by atoms with Crippen molar-refractivity contribution in [1.29, 1.82) is 0 Å². The first kappa shape index (κ1) is 16.4. The van der Waals surface area contributed by atoms with Crippen LogP contribution < -0.4 is 10.6 Å². The van der Waals surface area contributed by atoms with Crippen molar-refractivity contribution in [1.82, 2.24) is 15.6 Å². The molecular formula is C21H21N3O2. The van der Waals surface area contributed by atoms with Gasteiger partial charge in [0.2, 0.25) is 5.91 Å². The second-order valence-electron chi connectivity index (χ2n) is 6.77. The second kappa shape index (κ2) is 7.04. The normalized spacial score (nSPS) is 18.5. The number of carbonyl (C=O) groups is 2. The Hall–Kier alpha value is -3.08. The molecule has 1 fully saturated rings. The zero-order valence-electron chi connectivity index (χ0n) is 14.4. The number of amides is 2. The van der Waals surface area contributed by atoms with Crippen molar-refractivity contribution in [3.8, 4) is 0 Å². The van der Waals surface area contributed by atoms with Gasteiger partial charge in [0.15, 0.2) is 0 Å². The third-order valence-corrected chi connectivity index (χ3v) is 4.90. The quantitative estimate of drug-likeness (QED) is 0.641. The molecule has 0 bridgehead atoms. The van der Waals surface area contributed by atoms with Crippen LogP contribution in [0.4, 0.5) is 0 Å². The van der Waals surface area contributed by atoms with E-state index in [4.69, 9.17) is 0 Å². The van der Waals surface area contributed by atoms with Crippen LogP contribution >= 0.6 is 0 Å². The molecule has 0 spiro atoms. The van der Waals surface area contributed by atoms with Gasteiger partial charge in [0.25, 0.3) is 5.91 Å². The van der Waals surface area contributed by atoms with Crippen molar-refractivity contribution in [2.75, 3.05) is 13.1 Å². The van der Waals surface area contributed by atoms with E-state index >= 15 is 0 Å². The van der Waals surface area contributed by atoms with E-state index in [1.165, 1.54) is 5.56 Å². The number of hydrogen-bond acceptors (Lipinski definition) is 2. The molecule has 2 unspecified atom stereocenters. The number of carbonyl (C=O) groups excluding carboxylic acids is 2. The fourth-order valence-corrected chi connectivity index (χ4v) is 3.34. The molecule has 1 heterocycles. The third-order valence-electron chi connectivity index (χ3n) is 4.90. The lowest BCUT2D eigenvalue weighted by atomic mass is 10.1. The molecule has 0 aliphatic heterocycles. The van der Waals surface area contributed by atoms with E-state index in [9.17, 15) is 9.59 Å². The summed E-state index contributed by atoms with van der Waals surface area (Å²) in [5.41, 5.74) is 2.70. The number of benzene rings is 2. The maximum atomic E-state index is 12.2. The van der Waals surface area contributed by atoms with E-state index in [0.717, 1.165) is 17.3 Å². The van der Waals surface area contributed by atoms with Gasteiger partial charge in [-0.2, -0.15) is 0 Å². The Morgan fingerprint density at radius 1 is 1.00 bits per heavy atom. The molecule has 4 rings (SSSR count). The Bertz CT molecular complexity index is 900. The summed E-state index contributed by atoms with van der Waals surface area (Å²) in [5.74, 6) is 0.598. The molecule has 1 aliphatic carbocycles. The Balaban J connectivity index is 1.22. The largest absolute Gasteiger partial charge is 0.354 e. The van der Waals surface area contributed by atoms with Crippen LogP contribution in [0.3, 0.4) is 0 Å². The molecule has 132 valence electrons. The highest BCUT2D eigenvalue weighted by Crippen LogP contribution is 2.46. The maximum Gasteiger partial charge on any atom is 0.268 e. The zero-order chi connectivity index (χ0) is 17.9. The van der Waals surface area contributed by atoms with Crippen molar-refractivity contribution in [2.24, 2.45) is 5.92 Å². The first-order chi connectivity index (χ1) is 12.7. The first-order valence-corrected chi connectivity index (χ1v) is 8.88. The van der Waals surface area contributed by atoms with Crippen molar-refractivity contribution in [3.63, 3.8) is 0 Å². The Morgan fingerprint density at radius 2 is 1.77 bits per heavy atom. The molecule has 3 N–H and O–H groups in total. The summed E-state index contributed by atoms with van der Waals surface area (Å²) in [7, 11) is 0. The van der Waals surface area contributed by atoms with Gasteiger partial charge in [0, 0.05) is 17.4 Å². The van der Waals surface area contributed by atoms with E-state index < -0.39 is 0 Å². The summed E-state index contributed by atoms with van der Waals surface area (Å²) >= 11 is 0. The SMILES string of the molecule is O=C(CNC(=O)c1cc2ccccc2[nH]1)NCC1CC1c1ccccc1.